The first-order valence-electron chi connectivity index (χ1n) is 9.59. The number of fused-ring (bicyclic) bond motifs is 2. The van der Waals surface area contributed by atoms with Crippen LogP contribution in [0.4, 0.5) is 4.79 Å². The minimum atomic E-state index is -0.910. The second-order valence-corrected chi connectivity index (χ2v) is 8.71. The number of ether oxygens (including phenoxy) is 1. The van der Waals surface area contributed by atoms with Crippen LogP contribution in [0.2, 0.25) is 0 Å². The van der Waals surface area contributed by atoms with Crippen molar-refractivity contribution in [2.75, 3.05) is 0 Å². The molecule has 0 saturated carbocycles. The normalized spacial score (nSPS) is 27.6. The van der Waals surface area contributed by atoms with Crippen LogP contribution in [-0.4, -0.2) is 43.6 Å². The van der Waals surface area contributed by atoms with Crippen LogP contribution in [0.25, 0.3) is 5.69 Å². The van der Waals surface area contributed by atoms with Gasteiger partial charge in [0, 0.05) is 37.3 Å². The predicted molar refractivity (Wildman–Crippen MR) is 102 cm³/mol. The first-order chi connectivity index (χ1) is 12.8. The van der Waals surface area contributed by atoms with Gasteiger partial charge in [0.05, 0.1) is 11.3 Å². The third kappa shape index (κ3) is 3.46. The maximum atomic E-state index is 12.6. The Morgan fingerprint density at radius 1 is 1.19 bits per heavy atom. The maximum absolute atomic E-state index is 12.6. The Hall–Kier alpha value is -2.34. The van der Waals surface area contributed by atoms with E-state index in [9.17, 15) is 9.90 Å². The number of piperidine rings is 1. The zero-order valence-corrected chi connectivity index (χ0v) is 16.1. The SMILES string of the molecule is CC(C)(C)OC(=O)N1C2CCC1CC(O)(c1ccc(-n3cccn3)cc1)C2. The number of hydrogen-bond acceptors (Lipinski definition) is 4. The van der Waals surface area contributed by atoms with Crippen molar-refractivity contribution in [3.63, 3.8) is 0 Å². The Balaban J connectivity index is 1.52. The average molecular weight is 369 g/mol. The van der Waals surface area contributed by atoms with Crippen LogP contribution in [0.3, 0.4) is 0 Å². The molecule has 1 amide bonds. The second-order valence-electron chi connectivity index (χ2n) is 8.71. The number of rotatable bonds is 2. The van der Waals surface area contributed by atoms with Gasteiger partial charge < -0.3 is 14.7 Å². The van der Waals surface area contributed by atoms with Crippen LogP contribution >= 0.6 is 0 Å². The fraction of sp³-hybridized carbons (Fsp3) is 0.524. The van der Waals surface area contributed by atoms with Gasteiger partial charge in [0.25, 0.3) is 0 Å². The van der Waals surface area contributed by atoms with E-state index in [1.54, 1.807) is 10.9 Å². The van der Waals surface area contributed by atoms with E-state index < -0.39 is 11.2 Å². The highest BCUT2D eigenvalue weighted by Gasteiger charge is 2.51. The van der Waals surface area contributed by atoms with E-state index in [0.717, 1.165) is 24.1 Å². The molecule has 1 aromatic carbocycles. The lowest BCUT2D eigenvalue weighted by Gasteiger charge is -2.44. The summed E-state index contributed by atoms with van der Waals surface area (Å²) in [6, 6.07) is 9.82. The molecule has 6 nitrogen and oxygen atoms in total. The lowest BCUT2D eigenvalue weighted by Crippen LogP contribution is -2.53. The highest BCUT2D eigenvalue weighted by atomic mass is 16.6. The summed E-state index contributed by atoms with van der Waals surface area (Å²) in [6.45, 7) is 5.65. The summed E-state index contributed by atoms with van der Waals surface area (Å²) in [6.07, 6.45) is 6.30. The molecule has 2 atom stereocenters. The maximum Gasteiger partial charge on any atom is 0.410 e. The molecule has 27 heavy (non-hydrogen) atoms. The van der Waals surface area contributed by atoms with Crippen LogP contribution in [-0.2, 0) is 10.3 Å². The fourth-order valence-electron chi connectivity index (χ4n) is 4.42. The monoisotopic (exact) mass is 369 g/mol. The van der Waals surface area contributed by atoms with Crippen molar-refractivity contribution in [1.82, 2.24) is 14.7 Å². The summed E-state index contributed by atoms with van der Waals surface area (Å²) in [5.74, 6) is 0. The standard InChI is InChI=1S/C21H27N3O3/c1-20(2,3)27-19(25)24-17-9-10-18(24)14-21(26,13-17)15-5-7-16(8-6-15)23-12-4-11-22-23/h4-8,11-12,17-18,26H,9-10,13-14H2,1-3H3. The zero-order chi connectivity index (χ0) is 19.2. The number of hydrogen-bond donors (Lipinski definition) is 1. The minimum Gasteiger partial charge on any atom is -0.444 e. The van der Waals surface area contributed by atoms with Crippen molar-refractivity contribution in [3.8, 4) is 5.69 Å². The Morgan fingerprint density at radius 3 is 2.33 bits per heavy atom. The summed E-state index contributed by atoms with van der Waals surface area (Å²) >= 11 is 0. The number of carbonyl (C=O) groups excluding carboxylic acids is 1. The van der Waals surface area contributed by atoms with E-state index in [4.69, 9.17) is 4.74 Å². The van der Waals surface area contributed by atoms with E-state index in [0.29, 0.717) is 12.8 Å². The molecule has 1 aromatic heterocycles. The van der Waals surface area contributed by atoms with E-state index >= 15 is 0 Å². The molecular weight excluding hydrogens is 342 g/mol. The van der Waals surface area contributed by atoms with Crippen LogP contribution in [0.1, 0.15) is 52.0 Å². The van der Waals surface area contributed by atoms with Crippen molar-refractivity contribution >= 4 is 6.09 Å². The number of benzene rings is 1. The number of nitrogens with zero attached hydrogens (tertiary/aromatic N) is 3. The Kier molecular flexibility index (Phi) is 4.26. The van der Waals surface area contributed by atoms with Gasteiger partial charge in [-0.25, -0.2) is 9.48 Å². The summed E-state index contributed by atoms with van der Waals surface area (Å²) in [7, 11) is 0. The molecule has 6 heteroatoms. The molecule has 144 valence electrons. The number of aliphatic hydroxyl groups is 1. The molecule has 0 spiro atoms. The first kappa shape index (κ1) is 18.0. The summed E-state index contributed by atoms with van der Waals surface area (Å²) in [5.41, 5.74) is 0.445. The predicted octanol–water partition coefficient (Wildman–Crippen LogP) is 3.62. The quantitative estimate of drug-likeness (QED) is 0.878. The van der Waals surface area contributed by atoms with Crippen molar-refractivity contribution in [2.45, 2.75) is 69.7 Å². The molecule has 4 rings (SSSR count). The van der Waals surface area contributed by atoms with Gasteiger partial charge >= 0.3 is 6.09 Å². The Bertz CT molecular complexity index is 794. The van der Waals surface area contributed by atoms with Crippen molar-refractivity contribution in [2.24, 2.45) is 0 Å². The average Bonchev–Trinajstić information content (AvgIpc) is 3.21. The largest absolute Gasteiger partial charge is 0.444 e. The Morgan fingerprint density at radius 2 is 1.81 bits per heavy atom. The second kappa shape index (κ2) is 6.37. The summed E-state index contributed by atoms with van der Waals surface area (Å²) in [5, 5.41) is 15.6. The van der Waals surface area contributed by atoms with Gasteiger partial charge in [0.15, 0.2) is 0 Å². The van der Waals surface area contributed by atoms with Crippen molar-refractivity contribution in [3.05, 3.63) is 48.3 Å². The lowest BCUT2D eigenvalue weighted by atomic mass is 9.80. The van der Waals surface area contributed by atoms with Crippen LogP contribution in [0.15, 0.2) is 42.7 Å². The molecule has 2 fully saturated rings. The molecular formula is C21H27N3O3. The lowest BCUT2D eigenvalue weighted by molar-refractivity contribution is -0.0624. The van der Waals surface area contributed by atoms with Gasteiger partial charge in [0.2, 0.25) is 0 Å². The molecule has 1 N–H and O–H groups in total. The van der Waals surface area contributed by atoms with Gasteiger partial charge in [-0.3, -0.25) is 0 Å². The highest BCUT2D eigenvalue weighted by molar-refractivity contribution is 5.69. The van der Waals surface area contributed by atoms with Gasteiger partial charge in [-0.05, 0) is 57.4 Å². The number of carbonyl (C=O) groups is 1. The Labute approximate surface area is 159 Å². The highest BCUT2D eigenvalue weighted by Crippen LogP contribution is 2.46. The van der Waals surface area contributed by atoms with Gasteiger partial charge in [0.1, 0.15) is 5.60 Å². The topological polar surface area (TPSA) is 67.6 Å². The molecule has 2 saturated heterocycles. The molecule has 3 heterocycles. The summed E-state index contributed by atoms with van der Waals surface area (Å²) in [4.78, 5) is 14.5. The molecule has 2 bridgehead atoms. The first-order valence-corrected chi connectivity index (χ1v) is 9.59. The van der Waals surface area contributed by atoms with Gasteiger partial charge in [-0.15, -0.1) is 0 Å². The van der Waals surface area contributed by atoms with Crippen LogP contribution in [0.5, 0.6) is 0 Å². The van der Waals surface area contributed by atoms with E-state index in [1.165, 1.54) is 0 Å². The van der Waals surface area contributed by atoms with Crippen molar-refractivity contribution < 1.29 is 14.6 Å². The fourth-order valence-corrected chi connectivity index (χ4v) is 4.42. The molecule has 0 radical (unpaired) electrons. The van der Waals surface area contributed by atoms with Crippen LogP contribution < -0.4 is 0 Å². The third-order valence-corrected chi connectivity index (χ3v) is 5.54. The molecule has 2 aliphatic rings. The molecule has 2 unspecified atom stereocenters. The number of aromatic nitrogens is 2. The van der Waals surface area contributed by atoms with E-state index in [2.05, 4.69) is 5.10 Å². The van der Waals surface area contributed by atoms with E-state index in [1.807, 2.05) is 62.2 Å². The molecule has 2 aliphatic heterocycles. The smallest absolute Gasteiger partial charge is 0.410 e. The minimum absolute atomic E-state index is 0.0226. The number of amides is 1. The zero-order valence-electron chi connectivity index (χ0n) is 16.1. The van der Waals surface area contributed by atoms with Crippen molar-refractivity contribution in [1.29, 1.82) is 0 Å². The van der Waals surface area contributed by atoms with Gasteiger partial charge in [-0.1, -0.05) is 12.1 Å². The third-order valence-electron chi connectivity index (χ3n) is 5.54. The molecule has 0 aliphatic carbocycles. The van der Waals surface area contributed by atoms with Gasteiger partial charge in [-0.2, -0.15) is 5.10 Å². The van der Waals surface area contributed by atoms with E-state index in [-0.39, 0.29) is 18.2 Å². The summed E-state index contributed by atoms with van der Waals surface area (Å²) < 4.78 is 7.38. The van der Waals surface area contributed by atoms with Crippen LogP contribution in [0, 0.1) is 0 Å². The molecule has 2 aromatic rings.